The van der Waals surface area contributed by atoms with E-state index < -0.39 is 12.0 Å². The van der Waals surface area contributed by atoms with Crippen molar-refractivity contribution in [1.29, 1.82) is 0 Å². The molecule has 2 rings (SSSR count). The molecule has 0 spiro atoms. The lowest BCUT2D eigenvalue weighted by atomic mass is 10.1. The molecule has 2 atom stereocenters. The topological polar surface area (TPSA) is 66.8 Å². The summed E-state index contributed by atoms with van der Waals surface area (Å²) >= 11 is 2.07. The number of carboxylic acids is 1. The first-order valence-corrected chi connectivity index (χ1v) is 6.93. The maximum absolute atomic E-state index is 12.4. The number of aliphatic carboxylic acids is 1. The van der Waals surface area contributed by atoms with Crippen molar-refractivity contribution in [2.24, 2.45) is 0 Å². The standard InChI is InChI=1S/C13H14INO4/c1-19-8-6-11(13(17)18)15(7-8)12(16)9-4-2-3-5-10(9)14/h2-5,8,11H,6-7H2,1H3,(H,17,18). The van der Waals surface area contributed by atoms with Crippen molar-refractivity contribution in [2.45, 2.75) is 18.6 Å². The van der Waals surface area contributed by atoms with Crippen LogP contribution >= 0.6 is 22.6 Å². The number of hydrogen-bond acceptors (Lipinski definition) is 3. The first-order chi connectivity index (χ1) is 9.04. The summed E-state index contributed by atoms with van der Waals surface area (Å²) < 4.78 is 5.99. The lowest BCUT2D eigenvalue weighted by Gasteiger charge is -2.21. The molecule has 102 valence electrons. The Morgan fingerprint density at radius 3 is 2.68 bits per heavy atom. The number of carbonyl (C=O) groups is 2. The molecule has 1 fully saturated rings. The van der Waals surface area contributed by atoms with Crippen molar-refractivity contribution >= 4 is 34.5 Å². The summed E-state index contributed by atoms with van der Waals surface area (Å²) in [5, 5.41) is 9.21. The van der Waals surface area contributed by atoms with Crippen molar-refractivity contribution in [3.63, 3.8) is 0 Å². The number of rotatable bonds is 3. The molecule has 19 heavy (non-hydrogen) atoms. The second-order valence-electron chi connectivity index (χ2n) is 4.38. The van der Waals surface area contributed by atoms with E-state index in [2.05, 4.69) is 22.6 Å². The van der Waals surface area contributed by atoms with Gasteiger partial charge in [0.2, 0.25) is 0 Å². The van der Waals surface area contributed by atoms with Gasteiger partial charge in [0.25, 0.3) is 5.91 Å². The Hall–Kier alpha value is -1.15. The second-order valence-corrected chi connectivity index (χ2v) is 5.55. The fraction of sp³-hybridized carbons (Fsp3) is 0.385. The number of nitrogens with zero attached hydrogens (tertiary/aromatic N) is 1. The Kier molecular flexibility index (Phi) is 4.41. The van der Waals surface area contributed by atoms with Crippen molar-refractivity contribution in [2.75, 3.05) is 13.7 Å². The van der Waals surface area contributed by atoms with E-state index in [1.54, 1.807) is 12.1 Å². The van der Waals surface area contributed by atoms with Gasteiger partial charge < -0.3 is 14.7 Å². The smallest absolute Gasteiger partial charge is 0.326 e. The number of ether oxygens (including phenoxy) is 1. The van der Waals surface area contributed by atoms with Crippen LogP contribution in [0.25, 0.3) is 0 Å². The minimum Gasteiger partial charge on any atom is -0.480 e. The van der Waals surface area contributed by atoms with E-state index in [-0.39, 0.29) is 12.0 Å². The molecule has 1 amide bonds. The first-order valence-electron chi connectivity index (χ1n) is 5.85. The predicted molar refractivity (Wildman–Crippen MR) is 77.0 cm³/mol. The lowest BCUT2D eigenvalue weighted by molar-refractivity contribution is -0.141. The monoisotopic (exact) mass is 375 g/mol. The Bertz CT molecular complexity index is 505. The molecule has 1 aliphatic heterocycles. The third-order valence-corrected chi connectivity index (χ3v) is 4.19. The molecule has 5 nitrogen and oxygen atoms in total. The Morgan fingerprint density at radius 1 is 1.42 bits per heavy atom. The normalized spacial score (nSPS) is 22.5. The van der Waals surface area contributed by atoms with E-state index in [0.29, 0.717) is 18.5 Å². The van der Waals surface area contributed by atoms with Crippen LogP contribution in [-0.2, 0) is 9.53 Å². The van der Waals surface area contributed by atoms with E-state index in [1.165, 1.54) is 12.0 Å². The van der Waals surface area contributed by atoms with Gasteiger partial charge in [-0.1, -0.05) is 12.1 Å². The largest absolute Gasteiger partial charge is 0.480 e. The number of likely N-dealkylation sites (tertiary alicyclic amines) is 1. The highest BCUT2D eigenvalue weighted by Gasteiger charge is 2.40. The van der Waals surface area contributed by atoms with Crippen LogP contribution in [0.4, 0.5) is 0 Å². The molecule has 1 aliphatic rings. The van der Waals surface area contributed by atoms with Crippen LogP contribution in [0.2, 0.25) is 0 Å². The van der Waals surface area contributed by atoms with Crippen LogP contribution in [0.5, 0.6) is 0 Å². The zero-order valence-electron chi connectivity index (χ0n) is 10.4. The van der Waals surface area contributed by atoms with Gasteiger partial charge in [0, 0.05) is 23.6 Å². The van der Waals surface area contributed by atoms with Gasteiger partial charge in [-0.05, 0) is 34.7 Å². The van der Waals surface area contributed by atoms with E-state index in [4.69, 9.17) is 4.74 Å². The summed E-state index contributed by atoms with van der Waals surface area (Å²) in [5.41, 5.74) is 0.533. The molecule has 0 aromatic heterocycles. The number of benzene rings is 1. The zero-order chi connectivity index (χ0) is 14.0. The molecule has 1 N–H and O–H groups in total. The molecule has 1 aromatic rings. The highest BCUT2D eigenvalue weighted by molar-refractivity contribution is 14.1. The van der Waals surface area contributed by atoms with Gasteiger partial charge in [0.05, 0.1) is 11.7 Å². The number of hydrogen-bond donors (Lipinski definition) is 1. The minimum absolute atomic E-state index is 0.216. The van der Waals surface area contributed by atoms with Crippen molar-refractivity contribution in [3.8, 4) is 0 Å². The highest BCUT2D eigenvalue weighted by atomic mass is 127. The minimum atomic E-state index is -0.987. The van der Waals surface area contributed by atoms with Crippen LogP contribution in [0, 0.1) is 3.57 Å². The van der Waals surface area contributed by atoms with E-state index in [9.17, 15) is 14.7 Å². The molecule has 1 aromatic carbocycles. The van der Waals surface area contributed by atoms with Crippen LogP contribution in [0.15, 0.2) is 24.3 Å². The molecule has 0 saturated carbocycles. The molecule has 0 bridgehead atoms. The number of halogens is 1. The second kappa shape index (κ2) is 5.87. The SMILES string of the molecule is COC1CC(C(=O)O)N(C(=O)c2ccccc2I)C1. The quantitative estimate of drug-likeness (QED) is 0.816. The van der Waals surface area contributed by atoms with Crippen LogP contribution in [0.3, 0.4) is 0 Å². The van der Waals surface area contributed by atoms with Crippen LogP contribution < -0.4 is 0 Å². The van der Waals surface area contributed by atoms with Gasteiger partial charge in [-0.15, -0.1) is 0 Å². The molecule has 0 radical (unpaired) electrons. The van der Waals surface area contributed by atoms with E-state index in [1.807, 2.05) is 12.1 Å². The van der Waals surface area contributed by atoms with Crippen molar-refractivity contribution < 1.29 is 19.4 Å². The molecule has 1 saturated heterocycles. The van der Waals surface area contributed by atoms with Gasteiger partial charge in [-0.2, -0.15) is 0 Å². The van der Waals surface area contributed by atoms with Gasteiger partial charge in [0.15, 0.2) is 0 Å². The van der Waals surface area contributed by atoms with Crippen molar-refractivity contribution in [1.82, 2.24) is 4.90 Å². The van der Waals surface area contributed by atoms with Gasteiger partial charge >= 0.3 is 5.97 Å². The molecule has 0 aliphatic carbocycles. The Labute approximate surface area is 124 Å². The fourth-order valence-corrected chi connectivity index (χ4v) is 2.83. The number of amides is 1. The number of carboxylic acid groups (broad SMARTS) is 1. The summed E-state index contributed by atoms with van der Waals surface area (Å²) in [4.78, 5) is 25.1. The maximum Gasteiger partial charge on any atom is 0.326 e. The zero-order valence-corrected chi connectivity index (χ0v) is 12.5. The lowest BCUT2D eigenvalue weighted by Crippen LogP contribution is -2.40. The summed E-state index contributed by atoms with van der Waals surface area (Å²) in [5.74, 6) is -1.24. The third-order valence-electron chi connectivity index (χ3n) is 3.25. The number of methoxy groups -OCH3 is 1. The highest BCUT2D eigenvalue weighted by Crippen LogP contribution is 2.24. The molecular weight excluding hydrogens is 361 g/mol. The van der Waals surface area contributed by atoms with Gasteiger partial charge in [0.1, 0.15) is 6.04 Å². The van der Waals surface area contributed by atoms with Crippen molar-refractivity contribution in [3.05, 3.63) is 33.4 Å². The Balaban J connectivity index is 2.27. The molecular formula is C13H14INO4. The molecule has 2 unspecified atom stereocenters. The average Bonchev–Trinajstić information content (AvgIpc) is 2.83. The molecule has 6 heteroatoms. The number of carbonyl (C=O) groups excluding carboxylic acids is 1. The summed E-state index contributed by atoms with van der Waals surface area (Å²) in [6.45, 7) is 0.317. The predicted octanol–water partition coefficient (Wildman–Crippen LogP) is 1.61. The van der Waals surface area contributed by atoms with Gasteiger partial charge in [-0.3, -0.25) is 4.79 Å². The van der Waals surface area contributed by atoms with E-state index >= 15 is 0 Å². The third kappa shape index (κ3) is 2.89. The Morgan fingerprint density at radius 2 is 2.11 bits per heavy atom. The summed E-state index contributed by atoms with van der Waals surface area (Å²) in [6.07, 6.45) is 0.118. The van der Waals surface area contributed by atoms with Gasteiger partial charge in [-0.25, -0.2) is 4.79 Å². The molecule has 1 heterocycles. The van der Waals surface area contributed by atoms with Crippen LogP contribution in [-0.4, -0.2) is 47.7 Å². The average molecular weight is 375 g/mol. The van der Waals surface area contributed by atoms with Crippen LogP contribution in [0.1, 0.15) is 16.8 Å². The summed E-state index contributed by atoms with van der Waals surface area (Å²) in [6, 6.07) is 6.34. The van der Waals surface area contributed by atoms with E-state index in [0.717, 1.165) is 3.57 Å². The fourth-order valence-electron chi connectivity index (χ4n) is 2.22. The summed E-state index contributed by atoms with van der Waals surface area (Å²) in [7, 11) is 1.53. The first kappa shape index (κ1) is 14.3. The maximum atomic E-state index is 12.4.